The summed E-state index contributed by atoms with van der Waals surface area (Å²) in [6.45, 7) is -0.265. The lowest BCUT2D eigenvalue weighted by Crippen LogP contribution is -2.69. The lowest BCUT2D eigenvalue weighted by Gasteiger charge is -2.49. The number of benzene rings is 7. The zero-order chi connectivity index (χ0) is 69.7. The second kappa shape index (κ2) is 31.7. The summed E-state index contributed by atoms with van der Waals surface area (Å²) >= 11 is 0. The minimum absolute atomic E-state index is 0.0128. The molecule has 15 atom stereocenters. The van der Waals surface area contributed by atoms with E-state index in [0.29, 0.717) is 4.90 Å². The number of nitrogens with zero attached hydrogens (tertiary/aromatic N) is 2. The maximum Gasteiger partial charge on any atom is 0.417 e. The van der Waals surface area contributed by atoms with E-state index in [2.05, 4.69) is 5.32 Å². The van der Waals surface area contributed by atoms with Crippen molar-refractivity contribution in [2.75, 3.05) is 19.8 Å². The second-order valence-corrected chi connectivity index (χ2v) is 22.7. The van der Waals surface area contributed by atoms with Crippen LogP contribution in [0.25, 0.3) is 0 Å². The van der Waals surface area contributed by atoms with Crippen LogP contribution in [0.1, 0.15) is 76.0 Å². The van der Waals surface area contributed by atoms with Crippen LogP contribution >= 0.6 is 0 Å². The number of imide groups is 1. The highest BCUT2D eigenvalue weighted by atomic mass is 16.8. The molecule has 4 aliphatic rings. The largest absolute Gasteiger partial charge is 0.463 e. The first kappa shape index (κ1) is 69.1. The number of nitrogens with one attached hydrogen (secondary N) is 1. The van der Waals surface area contributed by atoms with Gasteiger partial charge in [0.1, 0.15) is 61.6 Å². The van der Waals surface area contributed by atoms with E-state index in [9.17, 15) is 58.4 Å². The van der Waals surface area contributed by atoms with Crippen LogP contribution in [0, 0.1) is 10.1 Å². The number of nitro benzene ring substituents is 1. The summed E-state index contributed by atoms with van der Waals surface area (Å²) in [7, 11) is 0. The summed E-state index contributed by atoms with van der Waals surface area (Å²) in [4.78, 5) is 138. The Morgan fingerprint density at radius 1 is 0.475 bits per heavy atom. The average Bonchev–Trinajstić information content (AvgIpc) is 1.68. The van der Waals surface area contributed by atoms with Crippen LogP contribution in [0.3, 0.4) is 0 Å². The molecule has 99 heavy (non-hydrogen) atoms. The number of carbonyl (C=O) groups excluding carboxylic acids is 9. The zero-order valence-corrected chi connectivity index (χ0v) is 52.6. The quantitative estimate of drug-likeness (QED) is 0.0289. The van der Waals surface area contributed by atoms with E-state index in [1.54, 1.807) is 84.9 Å². The summed E-state index contributed by atoms with van der Waals surface area (Å²) in [5.41, 5.74) is -0.249. The Hall–Kier alpha value is -11.3. The molecule has 3 amide bonds. The predicted molar refractivity (Wildman–Crippen MR) is 337 cm³/mol. The topological polar surface area (TPSA) is 352 Å². The number of ether oxygens (including phenoxy) is 13. The number of hydrogen-bond acceptors (Lipinski definition) is 25. The number of aliphatic hydroxyl groups is 1. The van der Waals surface area contributed by atoms with E-state index >= 15 is 0 Å². The van der Waals surface area contributed by atoms with Crippen LogP contribution in [0.2, 0.25) is 0 Å². The fraction of sp³-hybridized carbons (Fsp3) is 0.282. The molecule has 28 heteroatoms. The highest BCUT2D eigenvalue weighted by molar-refractivity contribution is 5.94. The fourth-order valence-electron chi connectivity index (χ4n) is 11.4. The van der Waals surface area contributed by atoms with Crippen molar-refractivity contribution in [1.82, 2.24) is 10.2 Å². The van der Waals surface area contributed by atoms with Crippen molar-refractivity contribution < 1.29 is 115 Å². The van der Waals surface area contributed by atoms with Gasteiger partial charge in [0.15, 0.2) is 43.1 Å². The van der Waals surface area contributed by atoms with Gasteiger partial charge in [-0.2, -0.15) is 0 Å². The molecule has 0 bridgehead atoms. The number of nitro groups is 1. The Bertz CT molecular complexity index is 4010. The number of amides is 3. The molecule has 0 unspecified atom stereocenters. The van der Waals surface area contributed by atoms with Gasteiger partial charge in [0.05, 0.1) is 44.9 Å². The number of fused-ring (bicyclic) bond motifs is 1. The normalized spacial score (nSPS) is 25.4. The minimum Gasteiger partial charge on any atom is -0.463 e. The second-order valence-electron chi connectivity index (χ2n) is 22.7. The van der Waals surface area contributed by atoms with E-state index in [1.807, 2.05) is 0 Å². The van der Waals surface area contributed by atoms with Gasteiger partial charge in [-0.05, 0) is 84.9 Å². The van der Waals surface area contributed by atoms with Crippen LogP contribution in [-0.2, 0) is 66.4 Å². The third-order valence-electron chi connectivity index (χ3n) is 16.1. The standard InChI is InChI=1S/C71H63N3O25/c1-40(75)72-53-58(98-70-61(97-67(83)47-31-19-8-20-32-47)60(96-66(82)46-29-17-7-18-30-46)57(95-65(81)45-27-15-6-16-28-45)52(93-70)39-88-63(79)43-23-11-4-12-24-43)55(77)50(91-68(53)90-49-35-33-48(34-36-49)74(85)86)37-89-69-54-59(99-71(84)73(54)41(2)76)56(94-64(80)44-25-13-5-14-26-44)51(92-69)38-87-62(78)42-21-9-3-10-22-42/h3-36,50-61,68-70,77H,37-39H2,1-2H3,(H,72,75)/t50-,51-,52-,53-,54-,55+,56-,57+,58-,59-,60+,61-,68-,69-,70+/m1/s1. The molecule has 512 valence electrons. The Kier molecular flexibility index (Phi) is 22.1. The molecule has 0 radical (unpaired) electrons. The van der Waals surface area contributed by atoms with E-state index in [-0.39, 0.29) is 44.8 Å². The molecule has 0 aliphatic carbocycles. The summed E-state index contributed by atoms with van der Waals surface area (Å²) < 4.78 is 81.4. The third-order valence-corrected chi connectivity index (χ3v) is 16.1. The highest BCUT2D eigenvalue weighted by Gasteiger charge is 2.61. The molecule has 2 N–H and O–H groups in total. The molecule has 4 fully saturated rings. The number of carbonyl (C=O) groups is 9. The number of aliphatic hydroxyl groups excluding tert-OH is 1. The molecule has 4 heterocycles. The summed E-state index contributed by atoms with van der Waals surface area (Å²) in [5, 5.41) is 27.6. The molecule has 0 spiro atoms. The molecular formula is C71H63N3O25. The molecule has 4 aliphatic heterocycles. The summed E-state index contributed by atoms with van der Waals surface area (Å²) in [6, 6.07) is 46.9. The Labute approximate surface area is 563 Å². The van der Waals surface area contributed by atoms with Crippen LogP contribution in [-0.4, -0.2) is 180 Å². The van der Waals surface area contributed by atoms with Crippen molar-refractivity contribution in [3.8, 4) is 5.75 Å². The highest BCUT2D eigenvalue weighted by Crippen LogP contribution is 2.39. The number of rotatable bonds is 23. The van der Waals surface area contributed by atoms with Gasteiger partial charge in [0.2, 0.25) is 18.1 Å². The van der Waals surface area contributed by atoms with Crippen LogP contribution < -0.4 is 10.1 Å². The average molecular weight is 1360 g/mol. The summed E-state index contributed by atoms with van der Waals surface area (Å²) in [5.74, 6) is -7.69. The van der Waals surface area contributed by atoms with Gasteiger partial charge in [0.25, 0.3) is 5.69 Å². The molecule has 0 aromatic heterocycles. The molecular weight excluding hydrogens is 1290 g/mol. The van der Waals surface area contributed by atoms with Crippen molar-refractivity contribution in [3.05, 3.63) is 250 Å². The summed E-state index contributed by atoms with van der Waals surface area (Å²) in [6.07, 6.45) is -25.5. The van der Waals surface area contributed by atoms with Gasteiger partial charge in [-0.25, -0.2) is 38.5 Å². The van der Waals surface area contributed by atoms with Crippen molar-refractivity contribution >= 4 is 59.4 Å². The van der Waals surface area contributed by atoms with E-state index in [1.165, 1.54) is 109 Å². The minimum atomic E-state index is -2.17. The molecule has 4 saturated heterocycles. The van der Waals surface area contributed by atoms with Crippen molar-refractivity contribution in [1.29, 1.82) is 0 Å². The lowest BCUT2D eigenvalue weighted by atomic mass is 9.94. The lowest BCUT2D eigenvalue weighted by molar-refractivity contribution is -0.384. The van der Waals surface area contributed by atoms with Gasteiger partial charge in [0, 0.05) is 26.0 Å². The third kappa shape index (κ3) is 16.6. The monoisotopic (exact) mass is 1360 g/mol. The molecule has 7 aromatic carbocycles. The van der Waals surface area contributed by atoms with Gasteiger partial charge in [-0.3, -0.25) is 19.7 Å². The van der Waals surface area contributed by atoms with Crippen LogP contribution in [0.4, 0.5) is 10.5 Å². The van der Waals surface area contributed by atoms with Gasteiger partial charge < -0.3 is 72.0 Å². The molecule has 0 saturated carbocycles. The maximum absolute atomic E-state index is 14.6. The first-order chi connectivity index (χ1) is 47.9. The van der Waals surface area contributed by atoms with Crippen molar-refractivity contribution in [2.24, 2.45) is 0 Å². The number of esters is 6. The van der Waals surface area contributed by atoms with E-state index in [4.69, 9.17) is 61.6 Å². The molecule has 28 nitrogen and oxygen atoms in total. The van der Waals surface area contributed by atoms with Crippen molar-refractivity contribution in [3.63, 3.8) is 0 Å². The Morgan fingerprint density at radius 3 is 1.30 bits per heavy atom. The maximum atomic E-state index is 14.6. The van der Waals surface area contributed by atoms with Crippen LogP contribution in [0.5, 0.6) is 5.75 Å². The Morgan fingerprint density at radius 2 is 0.869 bits per heavy atom. The van der Waals surface area contributed by atoms with Crippen molar-refractivity contribution in [2.45, 2.75) is 106 Å². The SMILES string of the molecule is CC(=O)N[C@H]1[C@H](Oc2ccc([N+](=O)[O-])cc2)O[C@H](CO[C@@H]2O[C@H](COC(=O)c3ccccc3)[C@@H](OC(=O)c3ccccc3)[C@@H]3OC(=O)N(C(C)=O)[C@@H]23)[C@H](O)[C@@H]1O[C@@H]1O[C@H](COC(=O)c2ccccc2)[C@H](OC(=O)c2ccccc2)[C@H](OC(=O)c2ccccc2)[C@H]1OC(=O)c1ccccc1. The number of hydrogen-bond donors (Lipinski definition) is 2. The van der Waals surface area contributed by atoms with Crippen LogP contribution in [0.15, 0.2) is 206 Å². The van der Waals surface area contributed by atoms with E-state index < -0.39 is 170 Å². The predicted octanol–water partition coefficient (Wildman–Crippen LogP) is 6.77. The zero-order valence-electron chi connectivity index (χ0n) is 52.6. The molecule has 7 aromatic rings. The first-order valence-electron chi connectivity index (χ1n) is 31.0. The molecule has 11 rings (SSSR count). The van der Waals surface area contributed by atoms with E-state index in [0.717, 1.165) is 26.0 Å². The fourth-order valence-corrected chi connectivity index (χ4v) is 11.4. The number of non-ortho nitro benzene ring substituents is 1. The van der Waals surface area contributed by atoms with Gasteiger partial charge in [-0.15, -0.1) is 0 Å². The van der Waals surface area contributed by atoms with Gasteiger partial charge >= 0.3 is 41.9 Å². The first-order valence-corrected chi connectivity index (χ1v) is 31.0. The van der Waals surface area contributed by atoms with Gasteiger partial charge in [-0.1, -0.05) is 109 Å². The smallest absolute Gasteiger partial charge is 0.417 e. The Balaban J connectivity index is 0.995.